The molecule has 9 nitrogen and oxygen atoms in total. The molecule has 1 aliphatic rings. The zero-order chi connectivity index (χ0) is 15.6. The van der Waals surface area contributed by atoms with E-state index in [2.05, 4.69) is 17.2 Å². The smallest absolute Gasteiger partial charge is 0.351 e. The van der Waals surface area contributed by atoms with Gasteiger partial charge in [-0.05, 0) is 6.07 Å². The Morgan fingerprint density at radius 3 is 3.00 bits per heavy atom. The lowest BCUT2D eigenvalue weighted by atomic mass is 10.1. The SMILES string of the molecule is CO[C@]1(CO)O[C@@H](n2ccc(N)nc2=O)C[C@@H]1O[PH](=O)S. The van der Waals surface area contributed by atoms with Gasteiger partial charge < -0.3 is 24.8 Å². The number of methoxy groups -OCH3 is 1. The predicted molar refractivity (Wildman–Crippen MR) is 77.3 cm³/mol. The molecule has 0 aromatic carbocycles. The molecule has 21 heavy (non-hydrogen) atoms. The molecule has 0 amide bonds. The highest BCUT2D eigenvalue weighted by molar-refractivity contribution is 8.39. The fraction of sp³-hybridized carbons (Fsp3) is 0.600. The van der Waals surface area contributed by atoms with Gasteiger partial charge in [0.05, 0.1) is 6.61 Å². The minimum absolute atomic E-state index is 0.0858. The van der Waals surface area contributed by atoms with Crippen LogP contribution in [-0.4, -0.2) is 40.3 Å². The van der Waals surface area contributed by atoms with Crippen molar-refractivity contribution in [1.82, 2.24) is 9.55 Å². The molecule has 1 fully saturated rings. The molecule has 0 radical (unpaired) electrons. The Kier molecular flexibility index (Phi) is 5.07. The Hall–Kier alpha value is -0.900. The molecule has 1 saturated heterocycles. The van der Waals surface area contributed by atoms with E-state index >= 15 is 0 Å². The number of hydrogen-bond acceptors (Lipinski definition) is 8. The van der Waals surface area contributed by atoms with Gasteiger partial charge in [-0.3, -0.25) is 9.13 Å². The highest BCUT2D eigenvalue weighted by Gasteiger charge is 2.51. The molecule has 0 spiro atoms. The Morgan fingerprint density at radius 2 is 2.48 bits per heavy atom. The second-order valence-corrected chi connectivity index (χ2v) is 6.26. The first kappa shape index (κ1) is 16.5. The lowest BCUT2D eigenvalue weighted by Gasteiger charge is -2.30. The van der Waals surface area contributed by atoms with Crippen molar-refractivity contribution in [3.63, 3.8) is 0 Å². The van der Waals surface area contributed by atoms with Gasteiger partial charge in [0.2, 0.25) is 13.0 Å². The normalized spacial score (nSPS) is 30.4. The van der Waals surface area contributed by atoms with Crippen molar-refractivity contribution in [2.45, 2.75) is 24.5 Å². The van der Waals surface area contributed by atoms with Crippen molar-refractivity contribution < 1.29 is 23.7 Å². The molecule has 1 aromatic rings. The van der Waals surface area contributed by atoms with Gasteiger partial charge >= 0.3 is 5.69 Å². The largest absolute Gasteiger partial charge is 0.391 e. The van der Waals surface area contributed by atoms with Crippen molar-refractivity contribution >= 4 is 25.3 Å². The molecular weight excluding hydrogens is 321 g/mol. The van der Waals surface area contributed by atoms with Crippen LogP contribution in [0.5, 0.6) is 0 Å². The molecule has 1 aromatic heterocycles. The average molecular weight is 337 g/mol. The number of aliphatic hydroxyl groups is 1. The minimum Gasteiger partial charge on any atom is -0.391 e. The molecule has 4 atom stereocenters. The van der Waals surface area contributed by atoms with Crippen LogP contribution in [-0.2, 0) is 18.6 Å². The van der Waals surface area contributed by atoms with Gasteiger partial charge in [0, 0.05) is 19.7 Å². The number of aromatic nitrogens is 2. The monoisotopic (exact) mass is 337 g/mol. The van der Waals surface area contributed by atoms with E-state index in [-0.39, 0.29) is 12.2 Å². The van der Waals surface area contributed by atoms with Crippen LogP contribution in [0.1, 0.15) is 12.6 Å². The fourth-order valence-corrected chi connectivity index (χ4v) is 3.08. The van der Waals surface area contributed by atoms with Crippen molar-refractivity contribution in [2.75, 3.05) is 19.5 Å². The predicted octanol–water partition coefficient (Wildman–Crippen LogP) is -0.216. The summed E-state index contributed by atoms with van der Waals surface area (Å²) in [5.41, 5.74) is 4.81. The van der Waals surface area contributed by atoms with E-state index in [0.29, 0.717) is 0 Å². The van der Waals surface area contributed by atoms with E-state index in [1.54, 1.807) is 0 Å². The van der Waals surface area contributed by atoms with Crippen molar-refractivity contribution in [3.8, 4) is 0 Å². The van der Waals surface area contributed by atoms with Crippen molar-refractivity contribution in [1.29, 1.82) is 0 Å². The van der Waals surface area contributed by atoms with Crippen molar-refractivity contribution in [3.05, 3.63) is 22.7 Å². The van der Waals surface area contributed by atoms with Crippen LogP contribution in [0.3, 0.4) is 0 Å². The van der Waals surface area contributed by atoms with Gasteiger partial charge in [-0.15, -0.1) is 0 Å². The van der Waals surface area contributed by atoms with Crippen molar-refractivity contribution in [2.24, 2.45) is 0 Å². The summed E-state index contributed by atoms with van der Waals surface area (Å²) >= 11 is 3.71. The molecule has 118 valence electrons. The van der Waals surface area contributed by atoms with Gasteiger partial charge in [-0.1, -0.05) is 12.2 Å². The van der Waals surface area contributed by atoms with Crippen LogP contribution in [0.4, 0.5) is 5.82 Å². The summed E-state index contributed by atoms with van der Waals surface area (Å²) in [6.45, 7) is -0.537. The number of thiol groups is 1. The Labute approximate surface area is 126 Å². The zero-order valence-corrected chi connectivity index (χ0v) is 13.0. The molecule has 0 aliphatic carbocycles. The Balaban J connectivity index is 2.32. The average Bonchev–Trinajstić information content (AvgIpc) is 2.77. The summed E-state index contributed by atoms with van der Waals surface area (Å²) in [6.07, 6.45) is -0.0842. The summed E-state index contributed by atoms with van der Waals surface area (Å²) < 4.78 is 28.3. The number of aliphatic hydroxyl groups excluding tert-OH is 1. The molecule has 2 rings (SSSR count). The third-order valence-electron chi connectivity index (χ3n) is 3.21. The maximum absolute atomic E-state index is 11.8. The van der Waals surface area contributed by atoms with E-state index < -0.39 is 37.6 Å². The van der Waals surface area contributed by atoms with E-state index in [1.807, 2.05) is 0 Å². The lowest BCUT2D eigenvalue weighted by Crippen LogP contribution is -2.45. The molecule has 1 unspecified atom stereocenters. The molecule has 0 bridgehead atoms. The van der Waals surface area contributed by atoms with Crippen LogP contribution >= 0.6 is 19.5 Å². The number of rotatable bonds is 5. The minimum atomic E-state index is -2.58. The Bertz CT molecular complexity index is 592. The number of nitrogen functional groups attached to an aromatic ring is 1. The van der Waals surface area contributed by atoms with E-state index in [1.165, 1.54) is 23.9 Å². The highest BCUT2D eigenvalue weighted by atomic mass is 32.7. The zero-order valence-electron chi connectivity index (χ0n) is 11.1. The number of nitrogens with two attached hydrogens (primary N) is 1. The summed E-state index contributed by atoms with van der Waals surface area (Å²) in [4.78, 5) is 15.4. The number of anilines is 1. The summed E-state index contributed by atoms with van der Waals surface area (Å²) in [5.74, 6) is -1.43. The van der Waals surface area contributed by atoms with E-state index in [9.17, 15) is 14.5 Å². The molecule has 3 N–H and O–H groups in total. The molecule has 11 heteroatoms. The van der Waals surface area contributed by atoms with Crippen LogP contribution in [0.15, 0.2) is 17.1 Å². The summed E-state index contributed by atoms with van der Waals surface area (Å²) in [6, 6.07) is 1.44. The first-order chi connectivity index (χ1) is 9.91. The first-order valence-corrected chi connectivity index (χ1v) is 8.60. The maximum Gasteiger partial charge on any atom is 0.351 e. The van der Waals surface area contributed by atoms with Gasteiger partial charge in [-0.25, -0.2) is 4.79 Å². The molecular formula is C10H16N3O6PS. The van der Waals surface area contributed by atoms with E-state index in [0.717, 1.165) is 0 Å². The maximum atomic E-state index is 11.8. The van der Waals surface area contributed by atoms with Crippen LogP contribution in [0.25, 0.3) is 0 Å². The Morgan fingerprint density at radius 1 is 1.76 bits per heavy atom. The summed E-state index contributed by atoms with van der Waals surface area (Å²) in [5, 5.41) is 9.51. The first-order valence-electron chi connectivity index (χ1n) is 6.00. The summed E-state index contributed by atoms with van der Waals surface area (Å²) in [7, 11) is -1.26. The van der Waals surface area contributed by atoms with Crippen LogP contribution in [0.2, 0.25) is 0 Å². The standard InChI is InChI=1S/C10H16N3O6PS/c1-17-10(5-14)6(19-20(16)21)4-8(18-10)13-3-2-7(11)12-9(13)15/h2-3,6,8,14,20H,4-5H2,1H3,(H,16,21)(H2,11,12,15)/t6-,8+,10+/m0/s1. The van der Waals surface area contributed by atoms with Gasteiger partial charge in [0.15, 0.2) is 0 Å². The molecule has 2 heterocycles. The van der Waals surface area contributed by atoms with Gasteiger partial charge in [-0.2, -0.15) is 4.98 Å². The third kappa shape index (κ3) is 3.31. The van der Waals surface area contributed by atoms with Crippen LogP contribution < -0.4 is 11.4 Å². The van der Waals surface area contributed by atoms with E-state index in [4.69, 9.17) is 19.7 Å². The van der Waals surface area contributed by atoms with Crippen LogP contribution in [0, 0.1) is 0 Å². The quantitative estimate of drug-likeness (QED) is 0.497. The topological polar surface area (TPSA) is 126 Å². The molecule has 1 aliphatic heterocycles. The molecule has 0 saturated carbocycles. The van der Waals surface area contributed by atoms with Gasteiger partial charge in [0.1, 0.15) is 18.1 Å². The number of ether oxygens (including phenoxy) is 2. The fourth-order valence-electron chi connectivity index (χ4n) is 2.18. The third-order valence-corrected chi connectivity index (χ3v) is 4.01. The number of nitrogens with zero attached hydrogens (tertiary/aromatic N) is 2. The second kappa shape index (κ2) is 6.47. The number of hydrogen-bond donors (Lipinski definition) is 3. The van der Waals surface area contributed by atoms with Gasteiger partial charge in [0.25, 0.3) is 0 Å². The second-order valence-electron chi connectivity index (χ2n) is 4.40. The highest BCUT2D eigenvalue weighted by Crippen LogP contribution is 2.43. The lowest BCUT2D eigenvalue weighted by molar-refractivity contribution is -0.265.